The smallest absolute Gasteiger partial charge is 0.339 e. The van der Waals surface area contributed by atoms with Gasteiger partial charge in [-0.15, -0.1) is 0 Å². The molecule has 13 heteroatoms. The zero-order valence-corrected chi connectivity index (χ0v) is 21.9. The molecule has 1 aliphatic heterocycles. The number of methoxy groups -OCH3 is 1. The standard InChI is InChI=1S/C26H28N4O9/c1-13(31)36-19-20(37-14(2)32)22(25(34)35-5)39-24(21(19)38-15(3)33)29-26-28-23-18(30(26)4)11-17(12-27-23)16-9-7-6-8-10-16/h6-12,19-22,24H,1-5H3,(H,27,28,29)/t19-,20-,21+,22-,24+/m0/s1. The Morgan fingerprint density at radius 3 is 2.13 bits per heavy atom. The number of imidazole rings is 1. The van der Waals surface area contributed by atoms with E-state index in [1.807, 2.05) is 36.4 Å². The summed E-state index contributed by atoms with van der Waals surface area (Å²) in [5.41, 5.74) is 2.93. The molecular weight excluding hydrogens is 512 g/mol. The van der Waals surface area contributed by atoms with Gasteiger partial charge in [-0.1, -0.05) is 30.3 Å². The Labute approximate surface area is 223 Å². The molecule has 0 unspecified atom stereocenters. The van der Waals surface area contributed by atoms with E-state index >= 15 is 0 Å². The molecule has 0 radical (unpaired) electrons. The van der Waals surface area contributed by atoms with E-state index < -0.39 is 54.5 Å². The fourth-order valence-electron chi connectivity index (χ4n) is 4.35. The van der Waals surface area contributed by atoms with Gasteiger partial charge in [-0.05, 0) is 11.6 Å². The molecule has 5 atom stereocenters. The van der Waals surface area contributed by atoms with Crippen LogP contribution in [0.4, 0.5) is 5.95 Å². The summed E-state index contributed by atoms with van der Waals surface area (Å²) in [6.45, 7) is 3.39. The Kier molecular flexibility index (Phi) is 8.10. The molecule has 4 rings (SSSR count). The Balaban J connectivity index is 1.74. The van der Waals surface area contributed by atoms with Crippen molar-refractivity contribution in [2.75, 3.05) is 12.4 Å². The van der Waals surface area contributed by atoms with Crippen molar-refractivity contribution in [1.82, 2.24) is 14.5 Å². The number of carbonyl (C=O) groups is 4. The van der Waals surface area contributed by atoms with Gasteiger partial charge < -0.3 is 33.6 Å². The zero-order chi connectivity index (χ0) is 28.3. The van der Waals surface area contributed by atoms with E-state index in [1.165, 1.54) is 0 Å². The molecule has 39 heavy (non-hydrogen) atoms. The zero-order valence-electron chi connectivity index (χ0n) is 21.9. The van der Waals surface area contributed by atoms with Crippen LogP contribution in [-0.4, -0.2) is 76.2 Å². The van der Waals surface area contributed by atoms with Crippen LogP contribution in [0.2, 0.25) is 0 Å². The lowest BCUT2D eigenvalue weighted by molar-refractivity contribution is -0.244. The number of hydrogen-bond donors (Lipinski definition) is 1. The summed E-state index contributed by atoms with van der Waals surface area (Å²) in [6, 6.07) is 11.6. The highest BCUT2D eigenvalue weighted by Crippen LogP contribution is 2.31. The highest BCUT2D eigenvalue weighted by atomic mass is 16.7. The third-order valence-electron chi connectivity index (χ3n) is 5.99. The minimum absolute atomic E-state index is 0.251. The van der Waals surface area contributed by atoms with Gasteiger partial charge in [-0.3, -0.25) is 14.4 Å². The molecule has 2 aromatic heterocycles. The molecule has 206 valence electrons. The summed E-state index contributed by atoms with van der Waals surface area (Å²) < 4.78 is 28.6. The van der Waals surface area contributed by atoms with Crippen LogP contribution in [0.3, 0.4) is 0 Å². The summed E-state index contributed by atoms with van der Waals surface area (Å²) >= 11 is 0. The quantitative estimate of drug-likeness (QED) is 0.342. The Hall–Kier alpha value is -4.52. The lowest BCUT2D eigenvalue weighted by Crippen LogP contribution is -2.65. The highest BCUT2D eigenvalue weighted by Gasteiger charge is 2.55. The molecule has 3 aromatic rings. The van der Waals surface area contributed by atoms with E-state index in [0.717, 1.165) is 39.0 Å². The number of aromatic nitrogens is 3. The lowest BCUT2D eigenvalue weighted by atomic mass is 9.97. The van der Waals surface area contributed by atoms with Gasteiger partial charge in [0.1, 0.15) is 0 Å². The summed E-state index contributed by atoms with van der Waals surface area (Å²) in [5, 5.41) is 3.01. The maximum Gasteiger partial charge on any atom is 0.339 e. The number of fused-ring (bicyclic) bond motifs is 1. The van der Waals surface area contributed by atoms with Crippen LogP contribution < -0.4 is 5.32 Å². The van der Waals surface area contributed by atoms with Crippen LogP contribution in [-0.2, 0) is 49.9 Å². The van der Waals surface area contributed by atoms with Gasteiger partial charge in [0.15, 0.2) is 36.3 Å². The van der Waals surface area contributed by atoms with Gasteiger partial charge in [0.25, 0.3) is 0 Å². The molecule has 0 spiro atoms. The molecule has 1 fully saturated rings. The van der Waals surface area contributed by atoms with Gasteiger partial charge >= 0.3 is 23.9 Å². The van der Waals surface area contributed by atoms with Gasteiger partial charge in [0.05, 0.1) is 12.6 Å². The predicted molar refractivity (Wildman–Crippen MR) is 135 cm³/mol. The number of rotatable bonds is 7. The van der Waals surface area contributed by atoms with E-state index in [9.17, 15) is 19.2 Å². The van der Waals surface area contributed by atoms with Gasteiger partial charge in [0.2, 0.25) is 5.95 Å². The van der Waals surface area contributed by atoms with E-state index in [-0.39, 0.29) is 5.95 Å². The molecule has 0 aliphatic carbocycles. The van der Waals surface area contributed by atoms with Crippen LogP contribution in [0.25, 0.3) is 22.3 Å². The second-order valence-corrected chi connectivity index (χ2v) is 8.79. The molecule has 3 heterocycles. The number of hydrogen-bond acceptors (Lipinski definition) is 12. The molecule has 13 nitrogen and oxygen atoms in total. The Morgan fingerprint density at radius 2 is 1.51 bits per heavy atom. The summed E-state index contributed by atoms with van der Waals surface area (Å²) in [7, 11) is 2.86. The van der Waals surface area contributed by atoms with Crippen molar-refractivity contribution in [2.45, 2.75) is 51.4 Å². The first-order valence-corrected chi connectivity index (χ1v) is 12.0. The highest BCUT2D eigenvalue weighted by molar-refractivity contribution is 5.81. The maximum atomic E-state index is 12.7. The molecule has 0 saturated carbocycles. The molecule has 1 N–H and O–H groups in total. The number of nitrogens with zero attached hydrogens (tertiary/aromatic N) is 3. The van der Waals surface area contributed by atoms with Crippen molar-refractivity contribution in [3.63, 3.8) is 0 Å². The number of esters is 4. The summed E-state index contributed by atoms with van der Waals surface area (Å²) in [6.07, 6.45) is -5.33. The van der Waals surface area contributed by atoms with Crippen molar-refractivity contribution < 1.29 is 42.9 Å². The summed E-state index contributed by atoms with van der Waals surface area (Å²) in [5.74, 6) is -2.92. The Morgan fingerprint density at radius 1 is 0.897 bits per heavy atom. The molecule has 0 bridgehead atoms. The lowest BCUT2D eigenvalue weighted by Gasteiger charge is -2.43. The fourth-order valence-corrected chi connectivity index (χ4v) is 4.35. The number of pyridine rings is 1. The van der Waals surface area contributed by atoms with Gasteiger partial charge in [0, 0.05) is 39.6 Å². The SMILES string of the molecule is COC(=O)[C@H]1O[C@@H](Nc2nc3ncc(-c4ccccc4)cc3n2C)[C@H](OC(C)=O)[C@@H](OC(C)=O)[C@@H]1OC(C)=O. The van der Waals surface area contributed by atoms with Crippen molar-refractivity contribution in [3.8, 4) is 11.1 Å². The van der Waals surface area contributed by atoms with Crippen LogP contribution in [0.5, 0.6) is 0 Å². The molecular formula is C26H28N4O9. The van der Waals surface area contributed by atoms with Crippen LogP contribution in [0.1, 0.15) is 20.8 Å². The number of nitrogens with one attached hydrogen (secondary N) is 1. The van der Waals surface area contributed by atoms with Crippen LogP contribution in [0.15, 0.2) is 42.6 Å². The Bertz CT molecular complexity index is 1390. The van der Waals surface area contributed by atoms with Crippen molar-refractivity contribution in [3.05, 3.63) is 42.6 Å². The predicted octanol–water partition coefficient (Wildman–Crippen LogP) is 1.74. The normalized spacial score (nSPS) is 22.5. The summed E-state index contributed by atoms with van der Waals surface area (Å²) in [4.78, 5) is 57.5. The maximum absolute atomic E-state index is 12.7. The topological polar surface area (TPSA) is 157 Å². The third-order valence-corrected chi connectivity index (χ3v) is 5.99. The monoisotopic (exact) mass is 540 g/mol. The average molecular weight is 541 g/mol. The number of carbonyl (C=O) groups excluding carboxylic acids is 4. The first-order chi connectivity index (χ1) is 18.6. The number of ether oxygens (including phenoxy) is 5. The number of benzene rings is 1. The van der Waals surface area contributed by atoms with E-state index in [4.69, 9.17) is 23.7 Å². The first-order valence-electron chi connectivity index (χ1n) is 12.0. The van der Waals surface area contributed by atoms with E-state index in [0.29, 0.717) is 11.2 Å². The number of anilines is 1. The van der Waals surface area contributed by atoms with E-state index in [2.05, 4.69) is 15.3 Å². The fraction of sp³-hybridized carbons (Fsp3) is 0.385. The molecule has 1 saturated heterocycles. The van der Waals surface area contributed by atoms with Gasteiger partial charge in [-0.25, -0.2) is 9.78 Å². The van der Waals surface area contributed by atoms with Gasteiger partial charge in [-0.2, -0.15) is 4.98 Å². The van der Waals surface area contributed by atoms with Crippen LogP contribution in [0, 0.1) is 0 Å². The van der Waals surface area contributed by atoms with Crippen LogP contribution >= 0.6 is 0 Å². The van der Waals surface area contributed by atoms with E-state index in [1.54, 1.807) is 17.8 Å². The second kappa shape index (κ2) is 11.5. The van der Waals surface area contributed by atoms with Crippen molar-refractivity contribution >= 4 is 41.0 Å². The minimum Gasteiger partial charge on any atom is -0.467 e. The third kappa shape index (κ3) is 5.98. The molecule has 1 aromatic carbocycles. The second-order valence-electron chi connectivity index (χ2n) is 8.79. The van der Waals surface area contributed by atoms with Crippen molar-refractivity contribution in [2.24, 2.45) is 7.05 Å². The minimum atomic E-state index is -1.52. The number of aryl methyl sites for hydroxylation is 1. The largest absolute Gasteiger partial charge is 0.467 e. The first kappa shape index (κ1) is 27.5. The molecule has 0 amide bonds. The average Bonchev–Trinajstić information content (AvgIpc) is 3.20. The van der Waals surface area contributed by atoms with Crippen molar-refractivity contribution in [1.29, 1.82) is 0 Å². The molecule has 1 aliphatic rings.